The number of hydrogen-bond donors (Lipinski definition) is 3. The van der Waals surface area contributed by atoms with Crippen LogP contribution in [-0.2, 0) is 9.53 Å². The Hall–Kier alpha value is -2.41. The summed E-state index contributed by atoms with van der Waals surface area (Å²) in [6.07, 6.45) is 0. The van der Waals surface area contributed by atoms with Gasteiger partial charge in [0.25, 0.3) is 0 Å². The Morgan fingerprint density at radius 1 is 1.48 bits per heavy atom. The quantitative estimate of drug-likeness (QED) is 0.696. The summed E-state index contributed by atoms with van der Waals surface area (Å²) in [6.45, 7) is 4.24. The third-order valence-corrected chi connectivity index (χ3v) is 3.51. The number of urea groups is 1. The van der Waals surface area contributed by atoms with E-state index >= 15 is 0 Å². The second-order valence-corrected chi connectivity index (χ2v) is 5.14. The number of amides is 2. The second-order valence-electron chi connectivity index (χ2n) is 5.14. The average molecular weight is 321 g/mol. The number of hydrogen-bond acceptors (Lipinski definition) is 4. The van der Waals surface area contributed by atoms with Crippen molar-refractivity contribution in [2.24, 2.45) is 0 Å². The number of rotatable bonds is 6. The maximum Gasteiger partial charge on any atom is 0.337 e. The summed E-state index contributed by atoms with van der Waals surface area (Å²) in [6, 6.07) is 5.76. The molecule has 0 unspecified atom stereocenters. The van der Waals surface area contributed by atoms with Crippen LogP contribution >= 0.6 is 0 Å². The molecule has 0 saturated carbocycles. The number of benzene rings is 1. The van der Waals surface area contributed by atoms with Crippen molar-refractivity contribution < 1.29 is 18.7 Å². The molecule has 1 aliphatic heterocycles. The highest BCUT2D eigenvalue weighted by Crippen LogP contribution is 2.14. The number of halogens is 1. The summed E-state index contributed by atoms with van der Waals surface area (Å²) >= 11 is 0. The third kappa shape index (κ3) is 4.53. The fourth-order valence-electron chi connectivity index (χ4n) is 2.25. The van der Waals surface area contributed by atoms with E-state index in [0.29, 0.717) is 11.3 Å². The van der Waals surface area contributed by atoms with Crippen LogP contribution in [0.3, 0.4) is 0 Å². The van der Waals surface area contributed by atoms with E-state index in [1.54, 1.807) is 13.0 Å². The van der Waals surface area contributed by atoms with Crippen LogP contribution in [0.25, 0.3) is 0 Å². The lowest BCUT2D eigenvalue weighted by Crippen LogP contribution is -2.46. The molecule has 1 heterocycles. The Balaban J connectivity index is 2.08. The molecule has 23 heavy (non-hydrogen) atoms. The number of esters is 1. The van der Waals surface area contributed by atoms with Gasteiger partial charge in [-0.3, -0.25) is 0 Å². The van der Waals surface area contributed by atoms with Crippen LogP contribution in [0.15, 0.2) is 35.5 Å². The monoisotopic (exact) mass is 321 g/mol. The van der Waals surface area contributed by atoms with Crippen LogP contribution in [0, 0.1) is 5.82 Å². The van der Waals surface area contributed by atoms with Gasteiger partial charge in [0.1, 0.15) is 5.82 Å². The molecule has 2 rings (SSSR count). The topological polar surface area (TPSA) is 79.5 Å². The van der Waals surface area contributed by atoms with Crippen molar-refractivity contribution in [3.63, 3.8) is 0 Å². The van der Waals surface area contributed by atoms with Crippen LogP contribution in [0.4, 0.5) is 9.18 Å². The number of nitrogens with one attached hydrogen (secondary N) is 3. The van der Waals surface area contributed by atoms with Gasteiger partial charge >= 0.3 is 12.0 Å². The summed E-state index contributed by atoms with van der Waals surface area (Å²) in [5, 5.41) is 8.33. The molecule has 3 N–H and O–H groups in total. The SMILES string of the molecule is CCOC(=O)C1=C(CN[C@@H](C)c2cccc(F)c2)NC(=O)NC1. The van der Waals surface area contributed by atoms with Gasteiger partial charge in [-0.15, -0.1) is 0 Å². The van der Waals surface area contributed by atoms with E-state index in [0.717, 1.165) is 5.56 Å². The molecule has 1 aliphatic rings. The van der Waals surface area contributed by atoms with Gasteiger partial charge in [-0.2, -0.15) is 0 Å². The van der Waals surface area contributed by atoms with Crippen molar-refractivity contribution in [1.82, 2.24) is 16.0 Å². The largest absolute Gasteiger partial charge is 0.463 e. The number of ether oxygens (including phenoxy) is 1. The zero-order chi connectivity index (χ0) is 16.8. The Bertz CT molecular complexity index is 631. The molecule has 0 bridgehead atoms. The molecule has 1 aromatic carbocycles. The van der Waals surface area contributed by atoms with E-state index in [1.807, 2.05) is 13.0 Å². The van der Waals surface area contributed by atoms with Crippen molar-refractivity contribution in [3.05, 3.63) is 46.9 Å². The predicted molar refractivity (Wildman–Crippen MR) is 83.0 cm³/mol. The summed E-state index contributed by atoms with van der Waals surface area (Å²) in [7, 11) is 0. The van der Waals surface area contributed by atoms with Crippen molar-refractivity contribution in [2.45, 2.75) is 19.9 Å². The van der Waals surface area contributed by atoms with Crippen LogP contribution < -0.4 is 16.0 Å². The predicted octanol–water partition coefficient (Wildman–Crippen LogP) is 1.61. The average Bonchev–Trinajstić information content (AvgIpc) is 2.52. The van der Waals surface area contributed by atoms with Gasteiger partial charge in [0, 0.05) is 18.3 Å². The van der Waals surface area contributed by atoms with Gasteiger partial charge in [-0.25, -0.2) is 14.0 Å². The lowest BCUT2D eigenvalue weighted by molar-refractivity contribution is -0.138. The molecule has 6 nitrogen and oxygen atoms in total. The fraction of sp³-hybridized carbons (Fsp3) is 0.375. The lowest BCUT2D eigenvalue weighted by Gasteiger charge is -2.23. The zero-order valence-electron chi connectivity index (χ0n) is 13.1. The highest BCUT2D eigenvalue weighted by atomic mass is 19.1. The van der Waals surface area contributed by atoms with Crippen LogP contribution in [-0.4, -0.2) is 31.7 Å². The Morgan fingerprint density at radius 3 is 2.96 bits per heavy atom. The standard InChI is InChI=1S/C16H20FN3O3/c1-3-23-15(21)13-8-19-16(22)20-14(13)9-18-10(2)11-5-4-6-12(17)7-11/h4-7,10,18H,3,8-9H2,1-2H3,(H2,19,20,22)/t10-/m0/s1. The third-order valence-electron chi connectivity index (χ3n) is 3.51. The molecule has 0 saturated heterocycles. The van der Waals surface area contributed by atoms with E-state index in [9.17, 15) is 14.0 Å². The normalized spacial score (nSPS) is 15.7. The summed E-state index contributed by atoms with van der Waals surface area (Å²) in [5.41, 5.74) is 1.63. The molecule has 1 atom stereocenters. The van der Waals surface area contributed by atoms with Crippen molar-refractivity contribution >= 4 is 12.0 Å². The molecule has 7 heteroatoms. The van der Waals surface area contributed by atoms with Crippen LogP contribution in [0.5, 0.6) is 0 Å². The Morgan fingerprint density at radius 2 is 2.26 bits per heavy atom. The van der Waals surface area contributed by atoms with E-state index in [1.165, 1.54) is 12.1 Å². The minimum Gasteiger partial charge on any atom is -0.463 e. The van der Waals surface area contributed by atoms with Gasteiger partial charge in [0.2, 0.25) is 0 Å². The highest BCUT2D eigenvalue weighted by molar-refractivity contribution is 5.93. The molecule has 0 aromatic heterocycles. The van der Waals surface area contributed by atoms with Crippen molar-refractivity contribution in [3.8, 4) is 0 Å². The van der Waals surface area contributed by atoms with Gasteiger partial charge in [-0.05, 0) is 31.5 Å². The molecule has 0 radical (unpaired) electrons. The molecule has 0 aliphatic carbocycles. The van der Waals surface area contributed by atoms with E-state index in [-0.39, 0.29) is 37.6 Å². The molecule has 0 fully saturated rings. The molecular formula is C16H20FN3O3. The zero-order valence-corrected chi connectivity index (χ0v) is 13.1. The van der Waals surface area contributed by atoms with Gasteiger partial charge in [0.05, 0.1) is 18.7 Å². The fourth-order valence-corrected chi connectivity index (χ4v) is 2.25. The van der Waals surface area contributed by atoms with Crippen molar-refractivity contribution in [1.29, 1.82) is 0 Å². The smallest absolute Gasteiger partial charge is 0.337 e. The van der Waals surface area contributed by atoms with Gasteiger partial charge in [-0.1, -0.05) is 12.1 Å². The second kappa shape index (κ2) is 7.73. The molecule has 0 spiro atoms. The summed E-state index contributed by atoms with van der Waals surface area (Å²) in [4.78, 5) is 23.4. The Kier molecular flexibility index (Phi) is 5.70. The van der Waals surface area contributed by atoms with Gasteiger partial charge in [0.15, 0.2) is 0 Å². The van der Waals surface area contributed by atoms with E-state index in [4.69, 9.17) is 4.74 Å². The Labute approximate surface area is 134 Å². The maximum atomic E-state index is 13.3. The summed E-state index contributed by atoms with van der Waals surface area (Å²) in [5.74, 6) is -0.770. The first-order valence-corrected chi connectivity index (χ1v) is 7.44. The minimum atomic E-state index is -0.463. The highest BCUT2D eigenvalue weighted by Gasteiger charge is 2.23. The lowest BCUT2D eigenvalue weighted by atomic mass is 10.1. The first-order chi connectivity index (χ1) is 11.0. The van der Waals surface area contributed by atoms with E-state index in [2.05, 4.69) is 16.0 Å². The summed E-state index contributed by atoms with van der Waals surface area (Å²) < 4.78 is 18.3. The van der Waals surface area contributed by atoms with Crippen LogP contribution in [0.1, 0.15) is 25.5 Å². The minimum absolute atomic E-state index is 0.121. The number of carbonyl (C=O) groups is 2. The molecule has 1 aromatic rings. The molecular weight excluding hydrogens is 301 g/mol. The molecule has 2 amide bonds. The van der Waals surface area contributed by atoms with Crippen molar-refractivity contribution in [2.75, 3.05) is 19.7 Å². The first kappa shape index (κ1) is 17.0. The number of carbonyl (C=O) groups excluding carboxylic acids is 2. The first-order valence-electron chi connectivity index (χ1n) is 7.44. The molecule has 124 valence electrons. The van der Waals surface area contributed by atoms with Crippen LogP contribution in [0.2, 0.25) is 0 Å². The van der Waals surface area contributed by atoms with E-state index < -0.39 is 5.97 Å². The maximum absolute atomic E-state index is 13.3. The van der Waals surface area contributed by atoms with Gasteiger partial charge < -0.3 is 20.7 Å².